The van der Waals surface area contributed by atoms with Crippen LogP contribution >= 0.6 is 0 Å². The number of hydrogen-bond acceptors (Lipinski definition) is 7. The normalized spacial score (nSPS) is 11.6. The van der Waals surface area contributed by atoms with Gasteiger partial charge in [-0.3, -0.25) is 4.79 Å². The molecular weight excluding hydrogens is 449 g/mol. The van der Waals surface area contributed by atoms with E-state index in [-0.39, 0.29) is 36.3 Å². The summed E-state index contributed by atoms with van der Waals surface area (Å²) in [5, 5.41) is 18.0. The molecule has 186 valence electrons. The number of carbonyl (C=O) groups is 1. The molecular formula is C26H32FN5O3. The predicted octanol–water partition coefficient (Wildman–Crippen LogP) is 4.67. The first-order valence-corrected chi connectivity index (χ1v) is 11.3. The van der Waals surface area contributed by atoms with Crippen molar-refractivity contribution in [1.29, 1.82) is 0 Å². The summed E-state index contributed by atoms with van der Waals surface area (Å²) >= 11 is 0. The van der Waals surface area contributed by atoms with Gasteiger partial charge in [-0.1, -0.05) is 39.0 Å². The molecule has 3 rings (SSSR count). The molecule has 4 N–H and O–H groups in total. The van der Waals surface area contributed by atoms with E-state index in [1.165, 1.54) is 0 Å². The van der Waals surface area contributed by atoms with Crippen LogP contribution in [0.2, 0.25) is 0 Å². The Kier molecular flexibility index (Phi) is 7.91. The van der Waals surface area contributed by atoms with Gasteiger partial charge in [0.25, 0.3) is 5.91 Å². The molecule has 1 amide bonds. The second-order valence-corrected chi connectivity index (χ2v) is 9.88. The van der Waals surface area contributed by atoms with Crippen LogP contribution in [0.1, 0.15) is 40.2 Å². The summed E-state index contributed by atoms with van der Waals surface area (Å²) in [6.45, 7) is 9.36. The highest BCUT2D eigenvalue weighted by atomic mass is 19.1. The summed E-state index contributed by atoms with van der Waals surface area (Å²) in [4.78, 5) is 20.3. The van der Waals surface area contributed by atoms with Gasteiger partial charge in [-0.25, -0.2) is 9.37 Å². The third-order valence-corrected chi connectivity index (χ3v) is 5.07. The summed E-state index contributed by atoms with van der Waals surface area (Å²) in [5.74, 6) is -0.239. The van der Waals surface area contributed by atoms with Crippen LogP contribution in [0.5, 0.6) is 5.75 Å². The van der Waals surface area contributed by atoms with Crippen LogP contribution in [0, 0.1) is 5.82 Å². The van der Waals surface area contributed by atoms with E-state index in [0.717, 1.165) is 17.4 Å². The average Bonchev–Trinajstić information content (AvgIpc) is 2.80. The van der Waals surface area contributed by atoms with E-state index in [1.54, 1.807) is 38.1 Å². The second kappa shape index (κ2) is 10.7. The first kappa shape index (κ1) is 25.9. The summed E-state index contributed by atoms with van der Waals surface area (Å²) in [6, 6.07) is 14.7. The maximum atomic E-state index is 14.4. The number of nitrogens with one attached hydrogen (secondary N) is 3. The molecule has 2 aromatic carbocycles. The van der Waals surface area contributed by atoms with E-state index >= 15 is 0 Å². The van der Waals surface area contributed by atoms with Gasteiger partial charge >= 0.3 is 0 Å². The number of nitrogens with zero attached hydrogens (tertiary/aromatic N) is 2. The largest absolute Gasteiger partial charge is 0.484 e. The first-order valence-electron chi connectivity index (χ1n) is 11.3. The monoisotopic (exact) mass is 481 g/mol. The highest BCUT2D eigenvalue weighted by molar-refractivity contribution is 5.78. The molecule has 0 spiro atoms. The van der Waals surface area contributed by atoms with Crippen LogP contribution in [0.25, 0.3) is 0 Å². The van der Waals surface area contributed by atoms with E-state index < -0.39 is 11.4 Å². The molecule has 0 bridgehead atoms. The Morgan fingerprint density at radius 2 is 1.71 bits per heavy atom. The van der Waals surface area contributed by atoms with Gasteiger partial charge in [0, 0.05) is 17.4 Å². The van der Waals surface area contributed by atoms with Gasteiger partial charge < -0.3 is 25.8 Å². The zero-order chi connectivity index (χ0) is 25.6. The van der Waals surface area contributed by atoms with E-state index in [2.05, 4.69) is 46.7 Å². The molecule has 0 aliphatic carbocycles. The molecule has 0 fully saturated rings. The van der Waals surface area contributed by atoms with E-state index in [9.17, 15) is 14.3 Å². The van der Waals surface area contributed by atoms with Crippen LogP contribution in [0.3, 0.4) is 0 Å². The highest BCUT2D eigenvalue weighted by Crippen LogP contribution is 2.27. The first-order chi connectivity index (χ1) is 16.4. The third-order valence-electron chi connectivity index (χ3n) is 5.07. The fourth-order valence-corrected chi connectivity index (χ4v) is 3.11. The van der Waals surface area contributed by atoms with Crippen molar-refractivity contribution in [2.24, 2.45) is 0 Å². The number of benzene rings is 2. The van der Waals surface area contributed by atoms with Gasteiger partial charge in [0.1, 0.15) is 5.75 Å². The van der Waals surface area contributed by atoms with Crippen molar-refractivity contribution >= 4 is 29.0 Å². The van der Waals surface area contributed by atoms with Crippen LogP contribution in [0.4, 0.5) is 27.5 Å². The number of rotatable bonds is 9. The summed E-state index contributed by atoms with van der Waals surface area (Å²) < 4.78 is 20.0. The topological polar surface area (TPSA) is 108 Å². The Balaban J connectivity index is 1.68. The number of aliphatic hydroxyl groups excluding tert-OH is 1. The molecule has 0 radical (unpaired) electrons. The molecule has 0 atom stereocenters. The van der Waals surface area contributed by atoms with Crippen LogP contribution in [-0.4, -0.2) is 39.7 Å². The van der Waals surface area contributed by atoms with E-state index in [0.29, 0.717) is 11.4 Å². The lowest BCUT2D eigenvalue weighted by Gasteiger charge is -2.23. The number of aliphatic hydroxyl groups is 1. The molecule has 0 unspecified atom stereocenters. The number of anilines is 4. The zero-order valence-corrected chi connectivity index (χ0v) is 20.6. The lowest BCUT2D eigenvalue weighted by molar-refractivity contribution is -0.125. The number of carbonyl (C=O) groups excluding carboxylic acids is 1. The Hall–Kier alpha value is -3.72. The smallest absolute Gasteiger partial charge is 0.258 e. The minimum absolute atomic E-state index is 0.0442. The molecule has 0 saturated carbocycles. The van der Waals surface area contributed by atoms with Crippen LogP contribution < -0.4 is 20.7 Å². The van der Waals surface area contributed by atoms with Crippen molar-refractivity contribution in [3.8, 4) is 5.75 Å². The number of aromatic nitrogens is 2. The number of hydrogen-bond donors (Lipinski definition) is 4. The van der Waals surface area contributed by atoms with Crippen molar-refractivity contribution in [3.05, 3.63) is 66.1 Å². The van der Waals surface area contributed by atoms with Gasteiger partial charge in [-0.15, -0.1) is 0 Å². The molecule has 9 heteroatoms. The zero-order valence-electron chi connectivity index (χ0n) is 20.6. The number of amides is 1. The Morgan fingerprint density at radius 1 is 1.03 bits per heavy atom. The van der Waals surface area contributed by atoms with Crippen LogP contribution in [0.15, 0.2) is 54.7 Å². The lowest BCUT2D eigenvalue weighted by atomic mass is 9.87. The quantitative estimate of drug-likeness (QED) is 0.352. The van der Waals surface area contributed by atoms with E-state index in [1.807, 2.05) is 24.3 Å². The van der Waals surface area contributed by atoms with Crippen molar-refractivity contribution in [1.82, 2.24) is 15.3 Å². The molecule has 8 nitrogen and oxygen atoms in total. The summed E-state index contributed by atoms with van der Waals surface area (Å²) in [5.41, 5.74) is 1.66. The Labute approximate surface area is 205 Å². The number of halogens is 1. The molecule has 0 aliphatic rings. The standard InChI is InChI=1S/C26H32FN5O3/c1-25(2,3)17-8-6-9-18(12-17)29-23-21(27)14-28-24(31-23)30-19-10-7-11-20(13-19)35-15-22(34)32-26(4,5)16-33/h6-14,33H,15-16H2,1-5H3,(H,32,34)(H2,28,29,30,31). The van der Waals surface area contributed by atoms with Crippen molar-refractivity contribution in [3.63, 3.8) is 0 Å². The minimum atomic E-state index is -0.733. The summed E-state index contributed by atoms with van der Waals surface area (Å²) in [6.07, 6.45) is 1.10. The molecule has 3 aromatic rings. The third kappa shape index (κ3) is 7.65. The molecule has 0 saturated heterocycles. The fraction of sp³-hybridized carbons (Fsp3) is 0.346. The van der Waals surface area contributed by atoms with Crippen molar-refractivity contribution in [2.75, 3.05) is 23.8 Å². The van der Waals surface area contributed by atoms with Crippen molar-refractivity contribution in [2.45, 2.75) is 45.6 Å². The summed E-state index contributed by atoms with van der Waals surface area (Å²) in [7, 11) is 0. The maximum Gasteiger partial charge on any atom is 0.258 e. The van der Waals surface area contributed by atoms with Gasteiger partial charge in [-0.2, -0.15) is 4.98 Å². The Bertz CT molecular complexity index is 1180. The maximum absolute atomic E-state index is 14.4. The van der Waals surface area contributed by atoms with Gasteiger partial charge in [-0.05, 0) is 49.1 Å². The second-order valence-electron chi connectivity index (χ2n) is 9.88. The average molecular weight is 482 g/mol. The molecule has 35 heavy (non-hydrogen) atoms. The fourth-order valence-electron chi connectivity index (χ4n) is 3.11. The van der Waals surface area contributed by atoms with Crippen molar-refractivity contribution < 1.29 is 19.0 Å². The van der Waals surface area contributed by atoms with Gasteiger partial charge in [0.2, 0.25) is 5.95 Å². The Morgan fingerprint density at radius 3 is 2.40 bits per heavy atom. The van der Waals surface area contributed by atoms with Gasteiger partial charge in [0.05, 0.1) is 18.3 Å². The lowest BCUT2D eigenvalue weighted by Crippen LogP contribution is -2.48. The molecule has 1 aromatic heterocycles. The van der Waals surface area contributed by atoms with Crippen LogP contribution in [-0.2, 0) is 10.2 Å². The molecule has 1 heterocycles. The minimum Gasteiger partial charge on any atom is -0.484 e. The SMILES string of the molecule is CC(C)(CO)NC(=O)COc1cccc(Nc2ncc(F)c(Nc3cccc(C(C)(C)C)c3)n2)c1. The predicted molar refractivity (Wildman–Crippen MR) is 135 cm³/mol. The van der Waals surface area contributed by atoms with Gasteiger partial charge in [0.15, 0.2) is 18.2 Å². The highest BCUT2D eigenvalue weighted by Gasteiger charge is 2.19. The number of ether oxygens (including phenoxy) is 1. The molecule has 0 aliphatic heterocycles. The van der Waals surface area contributed by atoms with E-state index in [4.69, 9.17) is 4.74 Å².